The zero-order valence-corrected chi connectivity index (χ0v) is 16.5. The number of nitrogens with one attached hydrogen (secondary N) is 1. The summed E-state index contributed by atoms with van der Waals surface area (Å²) in [5.74, 6) is -0.991. The molecule has 0 saturated heterocycles. The summed E-state index contributed by atoms with van der Waals surface area (Å²) < 4.78 is 6.62. The molecule has 1 aromatic heterocycles. The van der Waals surface area contributed by atoms with Crippen LogP contribution in [0.4, 0.5) is 5.69 Å². The zero-order chi connectivity index (χ0) is 21.5. The monoisotopic (exact) mass is 413 g/mol. The molecule has 0 fully saturated rings. The number of esters is 1. The lowest BCUT2D eigenvalue weighted by Crippen LogP contribution is -2.21. The van der Waals surface area contributed by atoms with Crippen LogP contribution in [0, 0.1) is 0 Å². The molecule has 31 heavy (non-hydrogen) atoms. The highest BCUT2D eigenvalue weighted by molar-refractivity contribution is 5.96. The molecular formula is C23H19N5O3. The van der Waals surface area contributed by atoms with Crippen molar-refractivity contribution in [1.82, 2.24) is 20.2 Å². The number of amides is 1. The minimum Gasteiger partial charge on any atom is -0.452 e. The van der Waals surface area contributed by atoms with Gasteiger partial charge in [-0.2, -0.15) is 0 Å². The zero-order valence-electron chi connectivity index (χ0n) is 16.5. The Kier molecular flexibility index (Phi) is 6.08. The topological polar surface area (TPSA) is 99.0 Å². The third-order valence-corrected chi connectivity index (χ3v) is 4.58. The van der Waals surface area contributed by atoms with Crippen molar-refractivity contribution in [3.8, 4) is 5.69 Å². The van der Waals surface area contributed by atoms with Gasteiger partial charge >= 0.3 is 5.97 Å². The SMILES string of the molecule is O=C(COC(=O)c1ccc(-n2cnnn2)cc1)Nc1ccccc1Cc1ccccc1. The molecule has 8 heteroatoms. The highest BCUT2D eigenvalue weighted by Gasteiger charge is 2.12. The van der Waals surface area contributed by atoms with Crippen molar-refractivity contribution in [3.63, 3.8) is 0 Å². The van der Waals surface area contributed by atoms with Gasteiger partial charge < -0.3 is 10.1 Å². The van der Waals surface area contributed by atoms with E-state index < -0.39 is 11.9 Å². The number of aromatic nitrogens is 4. The average Bonchev–Trinajstić information content (AvgIpc) is 3.35. The van der Waals surface area contributed by atoms with Crippen LogP contribution in [-0.4, -0.2) is 38.7 Å². The molecule has 0 saturated carbocycles. The highest BCUT2D eigenvalue weighted by Crippen LogP contribution is 2.19. The van der Waals surface area contributed by atoms with Crippen LogP contribution in [0.3, 0.4) is 0 Å². The Balaban J connectivity index is 1.34. The first-order chi connectivity index (χ1) is 15.2. The third kappa shape index (κ3) is 5.18. The van der Waals surface area contributed by atoms with Crippen molar-refractivity contribution in [2.24, 2.45) is 0 Å². The van der Waals surface area contributed by atoms with Gasteiger partial charge in [0.25, 0.3) is 5.91 Å². The number of rotatable bonds is 7. The van der Waals surface area contributed by atoms with Gasteiger partial charge in [-0.15, -0.1) is 5.10 Å². The minimum atomic E-state index is -0.587. The number of anilines is 1. The highest BCUT2D eigenvalue weighted by atomic mass is 16.5. The largest absolute Gasteiger partial charge is 0.452 e. The lowest BCUT2D eigenvalue weighted by Gasteiger charge is -2.11. The maximum atomic E-state index is 12.3. The summed E-state index contributed by atoms with van der Waals surface area (Å²) in [6, 6.07) is 24.1. The smallest absolute Gasteiger partial charge is 0.338 e. The molecule has 4 rings (SSSR count). The maximum absolute atomic E-state index is 12.3. The van der Waals surface area contributed by atoms with Crippen LogP contribution in [0.15, 0.2) is 85.2 Å². The van der Waals surface area contributed by atoms with Gasteiger partial charge in [0, 0.05) is 5.69 Å². The molecule has 0 aliphatic carbocycles. The second kappa shape index (κ2) is 9.45. The average molecular weight is 413 g/mol. The first-order valence-electron chi connectivity index (χ1n) is 9.61. The summed E-state index contributed by atoms with van der Waals surface area (Å²) in [5.41, 5.74) is 3.84. The predicted molar refractivity (Wildman–Crippen MR) is 114 cm³/mol. The molecule has 1 N–H and O–H groups in total. The fourth-order valence-electron chi connectivity index (χ4n) is 3.04. The van der Waals surface area contributed by atoms with E-state index in [0.29, 0.717) is 23.4 Å². The predicted octanol–water partition coefficient (Wildman–Crippen LogP) is 3.05. The molecule has 154 valence electrons. The van der Waals surface area contributed by atoms with Crippen LogP contribution >= 0.6 is 0 Å². The molecule has 0 aliphatic rings. The summed E-state index contributed by atoms with van der Waals surface area (Å²) in [4.78, 5) is 24.6. The Morgan fingerprint density at radius 2 is 1.65 bits per heavy atom. The van der Waals surface area contributed by atoms with Crippen molar-refractivity contribution in [2.75, 3.05) is 11.9 Å². The van der Waals surface area contributed by atoms with Crippen molar-refractivity contribution in [3.05, 3.63) is 102 Å². The van der Waals surface area contributed by atoms with E-state index >= 15 is 0 Å². The second-order valence-corrected chi connectivity index (χ2v) is 6.75. The van der Waals surface area contributed by atoms with E-state index in [1.807, 2.05) is 54.6 Å². The third-order valence-electron chi connectivity index (χ3n) is 4.58. The molecule has 0 radical (unpaired) electrons. The Morgan fingerprint density at radius 3 is 2.39 bits per heavy atom. The van der Waals surface area contributed by atoms with Gasteiger partial charge in [0.2, 0.25) is 0 Å². The molecule has 1 amide bonds. The summed E-state index contributed by atoms with van der Waals surface area (Å²) in [7, 11) is 0. The van der Waals surface area contributed by atoms with E-state index in [1.165, 1.54) is 11.0 Å². The molecule has 0 aliphatic heterocycles. The van der Waals surface area contributed by atoms with E-state index in [-0.39, 0.29) is 6.61 Å². The van der Waals surface area contributed by atoms with Crippen molar-refractivity contribution in [2.45, 2.75) is 6.42 Å². The van der Waals surface area contributed by atoms with Gasteiger partial charge in [0.15, 0.2) is 6.61 Å². The van der Waals surface area contributed by atoms with Gasteiger partial charge in [-0.1, -0.05) is 48.5 Å². The fraction of sp³-hybridized carbons (Fsp3) is 0.0870. The van der Waals surface area contributed by atoms with E-state index in [9.17, 15) is 9.59 Å². The Labute approximate surface area is 178 Å². The fourth-order valence-corrected chi connectivity index (χ4v) is 3.04. The number of hydrogen-bond acceptors (Lipinski definition) is 6. The second-order valence-electron chi connectivity index (χ2n) is 6.75. The summed E-state index contributed by atoms with van der Waals surface area (Å²) in [6.07, 6.45) is 2.14. The summed E-state index contributed by atoms with van der Waals surface area (Å²) >= 11 is 0. The molecule has 3 aromatic carbocycles. The Morgan fingerprint density at radius 1 is 0.903 bits per heavy atom. The number of benzene rings is 3. The molecule has 4 aromatic rings. The minimum absolute atomic E-state index is 0.328. The van der Waals surface area contributed by atoms with Crippen LogP contribution in [0.1, 0.15) is 21.5 Å². The van der Waals surface area contributed by atoms with E-state index in [1.54, 1.807) is 24.3 Å². The number of ether oxygens (including phenoxy) is 1. The summed E-state index contributed by atoms with van der Waals surface area (Å²) in [6.45, 7) is -0.382. The first-order valence-corrected chi connectivity index (χ1v) is 9.61. The molecule has 0 spiro atoms. The van der Waals surface area contributed by atoms with Crippen molar-refractivity contribution in [1.29, 1.82) is 0 Å². The van der Waals surface area contributed by atoms with E-state index in [4.69, 9.17) is 4.74 Å². The molecule has 0 unspecified atom stereocenters. The lowest BCUT2D eigenvalue weighted by atomic mass is 10.0. The number of carbonyl (C=O) groups excluding carboxylic acids is 2. The number of carbonyl (C=O) groups is 2. The quantitative estimate of drug-likeness (QED) is 0.468. The van der Waals surface area contributed by atoms with Gasteiger partial charge in [-0.3, -0.25) is 4.79 Å². The number of tetrazole rings is 1. The van der Waals surface area contributed by atoms with Crippen molar-refractivity contribution >= 4 is 17.6 Å². The standard InChI is InChI=1S/C23H19N5O3/c29-22(25-21-9-5-4-8-19(21)14-17-6-2-1-3-7-17)15-31-23(30)18-10-12-20(13-11-18)28-16-24-26-27-28/h1-13,16H,14-15H2,(H,25,29). The van der Waals surface area contributed by atoms with Crippen molar-refractivity contribution < 1.29 is 14.3 Å². The van der Waals surface area contributed by atoms with E-state index in [2.05, 4.69) is 20.8 Å². The van der Waals surface area contributed by atoms with Crippen LogP contribution < -0.4 is 5.32 Å². The van der Waals surface area contributed by atoms with Crippen LogP contribution in [-0.2, 0) is 16.0 Å². The van der Waals surface area contributed by atoms with Gasteiger partial charge in [0.05, 0.1) is 11.3 Å². The lowest BCUT2D eigenvalue weighted by molar-refractivity contribution is -0.119. The number of para-hydroxylation sites is 1. The maximum Gasteiger partial charge on any atom is 0.338 e. The van der Waals surface area contributed by atoms with Crippen LogP contribution in [0.5, 0.6) is 0 Å². The normalized spacial score (nSPS) is 10.5. The molecule has 8 nitrogen and oxygen atoms in total. The molecule has 0 atom stereocenters. The molecular weight excluding hydrogens is 394 g/mol. The van der Waals surface area contributed by atoms with Gasteiger partial charge in [-0.05, 0) is 58.3 Å². The Bertz CT molecular complexity index is 1160. The van der Waals surface area contributed by atoms with Crippen LogP contribution in [0.2, 0.25) is 0 Å². The van der Waals surface area contributed by atoms with Gasteiger partial charge in [-0.25, -0.2) is 9.48 Å². The first kappa shape index (κ1) is 20.0. The molecule has 0 bridgehead atoms. The molecule has 1 heterocycles. The van der Waals surface area contributed by atoms with Crippen LogP contribution in [0.25, 0.3) is 5.69 Å². The Hall–Kier alpha value is -4.33. The number of hydrogen-bond donors (Lipinski definition) is 1. The number of nitrogens with zero attached hydrogens (tertiary/aromatic N) is 4. The summed E-state index contributed by atoms with van der Waals surface area (Å²) in [5, 5.41) is 13.7. The van der Waals surface area contributed by atoms with Gasteiger partial charge in [0.1, 0.15) is 6.33 Å². The van der Waals surface area contributed by atoms with E-state index in [0.717, 1.165) is 11.1 Å².